The lowest BCUT2D eigenvalue weighted by atomic mass is 10.2. The van der Waals surface area contributed by atoms with Gasteiger partial charge in [0.15, 0.2) is 0 Å². The van der Waals surface area contributed by atoms with Gasteiger partial charge in [-0.1, -0.05) is 0 Å². The van der Waals surface area contributed by atoms with E-state index in [1.54, 1.807) is 18.5 Å². The molecule has 1 aromatic rings. The van der Waals surface area contributed by atoms with Crippen molar-refractivity contribution in [3.05, 3.63) is 29.6 Å². The highest BCUT2D eigenvalue weighted by atomic mass is 32.2. The lowest BCUT2D eigenvalue weighted by molar-refractivity contribution is -0.136. The standard InChI is InChI=1S/C10H14N2O4S/c1-8-2-4-11-6-9(8)7-12-17(15,16)5-3-10(13)14/h2,4,6,12H,3,5,7H2,1H3,(H,13,14). The molecule has 0 radical (unpaired) electrons. The van der Waals surface area contributed by atoms with E-state index in [0.29, 0.717) is 0 Å². The predicted molar refractivity (Wildman–Crippen MR) is 61.9 cm³/mol. The molecule has 2 N–H and O–H groups in total. The number of aryl methyl sites for hydroxylation is 1. The van der Waals surface area contributed by atoms with Gasteiger partial charge in [-0.3, -0.25) is 9.78 Å². The summed E-state index contributed by atoms with van der Waals surface area (Å²) in [6.45, 7) is 1.98. The van der Waals surface area contributed by atoms with Crippen LogP contribution in [-0.4, -0.2) is 30.2 Å². The third-order valence-corrected chi connectivity index (χ3v) is 3.54. The van der Waals surface area contributed by atoms with Gasteiger partial charge < -0.3 is 5.11 Å². The van der Waals surface area contributed by atoms with Crippen molar-refractivity contribution in [2.45, 2.75) is 19.9 Å². The number of rotatable bonds is 6. The number of pyridine rings is 1. The predicted octanol–water partition coefficient (Wildman–Crippen LogP) is 0.284. The molecule has 0 bridgehead atoms. The molecule has 6 nitrogen and oxygen atoms in total. The summed E-state index contributed by atoms with van der Waals surface area (Å²) in [5.74, 6) is -1.55. The lowest BCUT2D eigenvalue weighted by Gasteiger charge is -2.07. The van der Waals surface area contributed by atoms with Crippen LogP contribution in [0.1, 0.15) is 17.5 Å². The van der Waals surface area contributed by atoms with Gasteiger partial charge in [-0.25, -0.2) is 13.1 Å². The van der Waals surface area contributed by atoms with Gasteiger partial charge in [-0.2, -0.15) is 0 Å². The van der Waals surface area contributed by atoms with E-state index >= 15 is 0 Å². The van der Waals surface area contributed by atoms with Gasteiger partial charge in [0.2, 0.25) is 10.0 Å². The molecule has 1 rings (SSSR count). The maximum atomic E-state index is 11.4. The molecule has 0 aromatic carbocycles. The first-order valence-electron chi connectivity index (χ1n) is 4.99. The highest BCUT2D eigenvalue weighted by Crippen LogP contribution is 2.05. The smallest absolute Gasteiger partial charge is 0.304 e. The lowest BCUT2D eigenvalue weighted by Crippen LogP contribution is -2.27. The highest BCUT2D eigenvalue weighted by molar-refractivity contribution is 7.89. The molecular formula is C10H14N2O4S. The van der Waals surface area contributed by atoms with E-state index in [2.05, 4.69) is 9.71 Å². The SMILES string of the molecule is Cc1ccncc1CNS(=O)(=O)CCC(=O)O. The average molecular weight is 258 g/mol. The molecule has 0 saturated heterocycles. The molecule has 0 aliphatic rings. The second-order valence-corrected chi connectivity index (χ2v) is 5.51. The summed E-state index contributed by atoms with van der Waals surface area (Å²) in [5, 5.41) is 8.40. The molecule has 1 heterocycles. The monoisotopic (exact) mass is 258 g/mol. The number of sulfonamides is 1. The van der Waals surface area contributed by atoms with Gasteiger partial charge in [-0.05, 0) is 24.1 Å². The van der Waals surface area contributed by atoms with Crippen LogP contribution in [0.15, 0.2) is 18.5 Å². The Morgan fingerprint density at radius 2 is 2.24 bits per heavy atom. The molecule has 0 saturated carbocycles. The topological polar surface area (TPSA) is 96.4 Å². The fourth-order valence-electron chi connectivity index (χ4n) is 1.16. The molecule has 94 valence electrons. The van der Waals surface area contributed by atoms with Gasteiger partial charge >= 0.3 is 5.97 Å². The number of hydrogen-bond donors (Lipinski definition) is 2. The van der Waals surface area contributed by atoms with Gasteiger partial charge in [-0.15, -0.1) is 0 Å². The third kappa shape index (κ3) is 4.92. The molecular weight excluding hydrogens is 244 g/mol. The Morgan fingerprint density at radius 1 is 1.53 bits per heavy atom. The quantitative estimate of drug-likeness (QED) is 0.764. The maximum Gasteiger partial charge on any atom is 0.304 e. The molecule has 0 atom stereocenters. The van der Waals surface area contributed by atoms with Gasteiger partial charge in [0.05, 0.1) is 12.2 Å². The van der Waals surface area contributed by atoms with Crippen molar-refractivity contribution in [1.29, 1.82) is 0 Å². The van der Waals surface area contributed by atoms with Crippen LogP contribution in [0, 0.1) is 6.92 Å². The Balaban J connectivity index is 2.56. The van der Waals surface area contributed by atoms with Gasteiger partial charge in [0.25, 0.3) is 0 Å². The Kier molecular flexibility index (Phi) is 4.59. The molecule has 0 aliphatic heterocycles. The van der Waals surface area contributed by atoms with Crippen LogP contribution in [0.4, 0.5) is 0 Å². The van der Waals surface area contributed by atoms with E-state index in [0.717, 1.165) is 11.1 Å². The summed E-state index contributed by atoms with van der Waals surface area (Å²) in [6, 6.07) is 1.78. The Labute approximate surface area is 99.7 Å². The van der Waals surface area contributed by atoms with E-state index in [1.165, 1.54) is 0 Å². The second-order valence-electron chi connectivity index (χ2n) is 3.59. The van der Waals surface area contributed by atoms with Crippen molar-refractivity contribution in [3.8, 4) is 0 Å². The second kappa shape index (κ2) is 5.74. The Bertz CT molecular complexity index is 499. The van der Waals surface area contributed by atoms with Gasteiger partial charge in [0, 0.05) is 18.9 Å². The van der Waals surface area contributed by atoms with Crippen LogP contribution in [0.2, 0.25) is 0 Å². The minimum atomic E-state index is -3.55. The Hall–Kier alpha value is -1.47. The van der Waals surface area contributed by atoms with Crippen LogP contribution in [0.25, 0.3) is 0 Å². The normalized spacial score (nSPS) is 11.4. The zero-order valence-electron chi connectivity index (χ0n) is 9.38. The molecule has 1 aromatic heterocycles. The zero-order valence-corrected chi connectivity index (χ0v) is 10.2. The molecule has 0 fully saturated rings. The summed E-state index contributed by atoms with van der Waals surface area (Å²) in [4.78, 5) is 14.2. The number of carboxylic acid groups (broad SMARTS) is 1. The number of carbonyl (C=O) groups is 1. The molecule has 17 heavy (non-hydrogen) atoms. The largest absolute Gasteiger partial charge is 0.481 e. The van der Waals surface area contributed by atoms with E-state index in [1.807, 2.05) is 6.92 Å². The van der Waals surface area contributed by atoms with Crippen LogP contribution in [0.5, 0.6) is 0 Å². The summed E-state index contributed by atoms with van der Waals surface area (Å²) in [6.07, 6.45) is 2.80. The number of aromatic nitrogens is 1. The highest BCUT2D eigenvalue weighted by Gasteiger charge is 2.12. The number of hydrogen-bond acceptors (Lipinski definition) is 4. The van der Waals surface area contributed by atoms with Crippen molar-refractivity contribution >= 4 is 16.0 Å². The summed E-state index contributed by atoms with van der Waals surface area (Å²) < 4.78 is 25.2. The number of nitrogens with zero attached hydrogens (tertiary/aromatic N) is 1. The molecule has 7 heteroatoms. The van der Waals surface area contributed by atoms with E-state index in [9.17, 15) is 13.2 Å². The van der Waals surface area contributed by atoms with E-state index in [-0.39, 0.29) is 6.54 Å². The summed E-state index contributed by atoms with van der Waals surface area (Å²) >= 11 is 0. The van der Waals surface area contributed by atoms with Crippen molar-refractivity contribution in [3.63, 3.8) is 0 Å². The van der Waals surface area contributed by atoms with Crippen molar-refractivity contribution in [2.24, 2.45) is 0 Å². The minimum Gasteiger partial charge on any atom is -0.481 e. The first-order valence-corrected chi connectivity index (χ1v) is 6.64. The van der Waals surface area contributed by atoms with Gasteiger partial charge in [0.1, 0.15) is 0 Å². The fraction of sp³-hybridized carbons (Fsp3) is 0.400. The number of nitrogens with one attached hydrogen (secondary N) is 1. The zero-order chi connectivity index (χ0) is 12.9. The average Bonchev–Trinajstić information content (AvgIpc) is 2.26. The van der Waals surface area contributed by atoms with E-state index in [4.69, 9.17) is 5.11 Å². The first kappa shape index (κ1) is 13.6. The molecule has 0 spiro atoms. The van der Waals surface area contributed by atoms with Crippen LogP contribution < -0.4 is 4.72 Å². The van der Waals surface area contributed by atoms with E-state index < -0.39 is 28.2 Å². The van der Waals surface area contributed by atoms with Crippen molar-refractivity contribution in [2.75, 3.05) is 5.75 Å². The number of carboxylic acids is 1. The molecule has 0 unspecified atom stereocenters. The van der Waals surface area contributed by atoms with Crippen LogP contribution in [0.3, 0.4) is 0 Å². The molecule has 0 aliphatic carbocycles. The number of aliphatic carboxylic acids is 1. The summed E-state index contributed by atoms with van der Waals surface area (Å²) in [5.41, 5.74) is 1.70. The summed E-state index contributed by atoms with van der Waals surface area (Å²) in [7, 11) is -3.55. The van der Waals surface area contributed by atoms with Crippen LogP contribution >= 0.6 is 0 Å². The van der Waals surface area contributed by atoms with Crippen molar-refractivity contribution < 1.29 is 18.3 Å². The van der Waals surface area contributed by atoms with Crippen LogP contribution in [-0.2, 0) is 21.4 Å². The fourth-order valence-corrected chi connectivity index (χ4v) is 2.13. The maximum absolute atomic E-state index is 11.4. The third-order valence-electron chi connectivity index (χ3n) is 2.21. The van der Waals surface area contributed by atoms with Crippen molar-refractivity contribution in [1.82, 2.24) is 9.71 Å². The Morgan fingerprint density at radius 3 is 2.82 bits per heavy atom. The first-order chi connectivity index (χ1) is 7.91. The minimum absolute atomic E-state index is 0.127. The molecule has 0 amide bonds.